The van der Waals surface area contributed by atoms with Crippen molar-refractivity contribution in [3.8, 4) is 0 Å². The van der Waals surface area contributed by atoms with E-state index in [9.17, 15) is 4.79 Å². The summed E-state index contributed by atoms with van der Waals surface area (Å²) in [5.41, 5.74) is 8.95. The molecule has 2 aliphatic rings. The Hall–Kier alpha value is -0.950. The minimum atomic E-state index is 0.103. The number of fused-ring (bicyclic) bond motifs is 1. The molecule has 2 rings (SSSR count). The van der Waals surface area contributed by atoms with Gasteiger partial charge < -0.3 is 5.53 Å². The van der Waals surface area contributed by atoms with E-state index in [4.69, 9.17) is 5.53 Å². The first-order valence-corrected chi connectivity index (χ1v) is 4.58. The molecule has 0 aromatic carbocycles. The molecule has 2 aliphatic carbocycles. The zero-order valence-corrected chi connectivity index (χ0v) is 6.99. The van der Waals surface area contributed by atoms with E-state index >= 15 is 0 Å². The first-order chi connectivity index (χ1) is 5.83. The Bertz CT molecular complexity index is 266. The maximum absolute atomic E-state index is 11.5. The predicted octanol–water partition coefficient (Wildman–Crippen LogP) is 1.44. The summed E-state index contributed by atoms with van der Waals surface area (Å²) in [6.45, 7) is 0. The normalized spacial score (nSPS) is 34.7. The lowest BCUT2D eigenvalue weighted by Crippen LogP contribution is -2.32. The maximum atomic E-state index is 11.5. The number of carbonyl (C=O) groups is 1. The van der Waals surface area contributed by atoms with Gasteiger partial charge in [-0.1, -0.05) is 6.42 Å². The van der Waals surface area contributed by atoms with Crippen LogP contribution in [-0.4, -0.2) is 16.3 Å². The van der Waals surface area contributed by atoms with Crippen molar-refractivity contribution in [3.63, 3.8) is 0 Å². The van der Waals surface area contributed by atoms with Crippen LogP contribution in [0.4, 0.5) is 0 Å². The molecule has 2 fully saturated rings. The topological polar surface area (TPSA) is 53.5 Å². The van der Waals surface area contributed by atoms with E-state index in [2.05, 4.69) is 4.79 Å². The van der Waals surface area contributed by atoms with Crippen LogP contribution in [0.5, 0.6) is 0 Å². The average molecular weight is 164 g/mol. The highest BCUT2D eigenvalue weighted by atomic mass is 16.1. The number of hydrogen-bond acceptors (Lipinski definition) is 1. The van der Waals surface area contributed by atoms with Crippen LogP contribution in [-0.2, 0) is 4.79 Å². The van der Waals surface area contributed by atoms with Crippen molar-refractivity contribution in [2.75, 3.05) is 0 Å². The maximum Gasteiger partial charge on any atom is 0.334 e. The number of Topliss-reactive ketones (excluding diaryl/α,β-unsaturated/α-hetero) is 1. The molecule has 0 aromatic heterocycles. The lowest BCUT2D eigenvalue weighted by atomic mass is 9.80. The van der Waals surface area contributed by atoms with Gasteiger partial charge in [-0.25, -0.2) is 0 Å². The Morgan fingerprint density at radius 2 is 2.17 bits per heavy atom. The lowest BCUT2D eigenvalue weighted by molar-refractivity contribution is -0.123. The van der Waals surface area contributed by atoms with Crippen LogP contribution in [0.2, 0.25) is 0 Å². The van der Waals surface area contributed by atoms with Gasteiger partial charge in [0.05, 0.1) is 6.42 Å². The van der Waals surface area contributed by atoms with Gasteiger partial charge >= 0.3 is 5.71 Å². The molecule has 2 atom stereocenters. The summed E-state index contributed by atoms with van der Waals surface area (Å²) < 4.78 is 0. The van der Waals surface area contributed by atoms with E-state index in [1.807, 2.05) is 0 Å². The van der Waals surface area contributed by atoms with Crippen molar-refractivity contribution < 1.29 is 9.58 Å². The molecule has 0 heterocycles. The summed E-state index contributed by atoms with van der Waals surface area (Å²) in [4.78, 5) is 14.6. The SMILES string of the molecule is [N-]=[N+]=C1CCC2CCCC2C1=O. The van der Waals surface area contributed by atoms with E-state index in [-0.39, 0.29) is 11.7 Å². The molecule has 2 unspecified atom stereocenters. The molecule has 0 amide bonds. The zero-order valence-electron chi connectivity index (χ0n) is 6.99. The highest BCUT2D eigenvalue weighted by Crippen LogP contribution is 2.38. The fourth-order valence-electron chi connectivity index (χ4n) is 2.49. The second-order valence-corrected chi connectivity index (χ2v) is 3.75. The van der Waals surface area contributed by atoms with E-state index in [1.54, 1.807) is 0 Å². The van der Waals surface area contributed by atoms with E-state index in [0.29, 0.717) is 18.1 Å². The quantitative estimate of drug-likeness (QED) is 0.394. The molecule has 3 heteroatoms. The van der Waals surface area contributed by atoms with Crippen LogP contribution < -0.4 is 0 Å². The van der Waals surface area contributed by atoms with Crippen LogP contribution in [0.1, 0.15) is 32.1 Å². The summed E-state index contributed by atoms with van der Waals surface area (Å²) in [5.74, 6) is 0.874. The fraction of sp³-hybridized carbons (Fsp3) is 0.778. The number of nitrogens with zero attached hydrogens (tertiary/aromatic N) is 2. The molecule has 0 radical (unpaired) electrons. The third-order valence-corrected chi connectivity index (χ3v) is 3.15. The molecular formula is C9H12N2O. The summed E-state index contributed by atoms with van der Waals surface area (Å²) in [6.07, 6.45) is 5.07. The summed E-state index contributed by atoms with van der Waals surface area (Å²) in [7, 11) is 0. The van der Waals surface area contributed by atoms with Gasteiger partial charge in [0.15, 0.2) is 0 Å². The number of rotatable bonds is 0. The largest absolute Gasteiger partial charge is 0.361 e. The number of hydrogen-bond donors (Lipinski definition) is 0. The molecule has 2 saturated carbocycles. The van der Waals surface area contributed by atoms with Gasteiger partial charge in [0, 0.05) is 5.92 Å². The van der Waals surface area contributed by atoms with Crippen LogP contribution >= 0.6 is 0 Å². The summed E-state index contributed by atoms with van der Waals surface area (Å²) in [5, 5.41) is 0. The van der Waals surface area contributed by atoms with Crippen LogP contribution in [0.15, 0.2) is 0 Å². The van der Waals surface area contributed by atoms with E-state index < -0.39 is 0 Å². The Balaban J connectivity index is 2.24. The number of carbonyl (C=O) groups excluding carboxylic acids is 1. The van der Waals surface area contributed by atoms with E-state index in [1.165, 1.54) is 12.8 Å². The third kappa shape index (κ3) is 1.01. The highest BCUT2D eigenvalue weighted by Gasteiger charge is 2.42. The molecule has 64 valence electrons. The molecule has 0 aliphatic heterocycles. The third-order valence-electron chi connectivity index (χ3n) is 3.15. The Labute approximate surface area is 71.4 Å². The molecule has 12 heavy (non-hydrogen) atoms. The first kappa shape index (κ1) is 7.69. The molecular weight excluding hydrogens is 152 g/mol. The Kier molecular flexibility index (Phi) is 1.81. The second kappa shape index (κ2) is 2.83. The smallest absolute Gasteiger partial charge is 0.334 e. The van der Waals surface area contributed by atoms with Gasteiger partial charge in [0.2, 0.25) is 5.78 Å². The van der Waals surface area contributed by atoms with Gasteiger partial charge in [-0.2, -0.15) is 4.79 Å². The van der Waals surface area contributed by atoms with Crippen LogP contribution in [0, 0.1) is 11.8 Å². The average Bonchev–Trinajstić information content (AvgIpc) is 2.53. The van der Waals surface area contributed by atoms with Crippen molar-refractivity contribution in [1.82, 2.24) is 0 Å². The van der Waals surface area contributed by atoms with Crippen LogP contribution in [0.3, 0.4) is 0 Å². The van der Waals surface area contributed by atoms with Crippen molar-refractivity contribution in [2.45, 2.75) is 32.1 Å². The fourth-order valence-corrected chi connectivity index (χ4v) is 2.49. The number of ketones is 1. The highest BCUT2D eigenvalue weighted by molar-refractivity contribution is 6.38. The molecule has 0 saturated heterocycles. The van der Waals surface area contributed by atoms with Gasteiger partial charge in [-0.15, -0.1) is 0 Å². The summed E-state index contributed by atoms with van der Waals surface area (Å²) in [6, 6.07) is 0. The minimum Gasteiger partial charge on any atom is -0.361 e. The van der Waals surface area contributed by atoms with Gasteiger partial charge in [0.1, 0.15) is 0 Å². The second-order valence-electron chi connectivity index (χ2n) is 3.75. The molecule has 0 aromatic rings. The minimum absolute atomic E-state index is 0.103. The van der Waals surface area contributed by atoms with Crippen LogP contribution in [0.25, 0.3) is 5.53 Å². The monoisotopic (exact) mass is 164 g/mol. The van der Waals surface area contributed by atoms with Gasteiger partial charge in [-0.05, 0) is 25.2 Å². The first-order valence-electron chi connectivity index (χ1n) is 4.58. The summed E-state index contributed by atoms with van der Waals surface area (Å²) >= 11 is 0. The Morgan fingerprint density at radius 3 is 2.92 bits per heavy atom. The molecule has 3 nitrogen and oxygen atoms in total. The Morgan fingerprint density at radius 1 is 1.33 bits per heavy atom. The van der Waals surface area contributed by atoms with E-state index in [0.717, 1.165) is 12.8 Å². The molecule has 0 N–H and O–H groups in total. The standard InChI is InChI=1S/C9H12N2O/c10-11-8-5-4-6-2-1-3-7(6)9(8)12/h6-7H,1-5H2. The van der Waals surface area contributed by atoms with Crippen molar-refractivity contribution in [3.05, 3.63) is 5.53 Å². The van der Waals surface area contributed by atoms with Crippen molar-refractivity contribution in [2.24, 2.45) is 11.8 Å². The molecule has 0 bridgehead atoms. The van der Waals surface area contributed by atoms with Gasteiger partial charge in [0.25, 0.3) is 0 Å². The van der Waals surface area contributed by atoms with Crippen molar-refractivity contribution in [1.29, 1.82) is 0 Å². The van der Waals surface area contributed by atoms with Crippen molar-refractivity contribution >= 4 is 11.5 Å². The lowest BCUT2D eigenvalue weighted by Gasteiger charge is -2.20. The van der Waals surface area contributed by atoms with Gasteiger partial charge in [-0.3, -0.25) is 4.79 Å². The zero-order chi connectivity index (χ0) is 8.55. The predicted molar refractivity (Wildman–Crippen MR) is 43.7 cm³/mol. The molecule has 0 spiro atoms.